The van der Waals surface area contributed by atoms with Gasteiger partial charge < -0.3 is 9.88 Å². The molecule has 1 saturated heterocycles. The molecule has 1 amide bonds. The van der Waals surface area contributed by atoms with Crippen molar-refractivity contribution in [3.05, 3.63) is 89.2 Å². The summed E-state index contributed by atoms with van der Waals surface area (Å²) in [6, 6.07) is 20.0. The molecule has 0 saturated carbocycles. The molecule has 1 aliphatic rings. The lowest BCUT2D eigenvalue weighted by molar-refractivity contribution is 0.0909. The number of benzene rings is 2. The van der Waals surface area contributed by atoms with Crippen LogP contribution in [0.15, 0.2) is 73.1 Å². The second-order valence-corrected chi connectivity index (χ2v) is 7.72. The van der Waals surface area contributed by atoms with Crippen LogP contribution in [0, 0.1) is 0 Å². The molecule has 2 aromatic carbocycles. The van der Waals surface area contributed by atoms with E-state index >= 15 is 0 Å². The van der Waals surface area contributed by atoms with Crippen molar-refractivity contribution < 1.29 is 4.79 Å². The van der Waals surface area contributed by atoms with Crippen molar-refractivity contribution in [3.63, 3.8) is 0 Å². The van der Waals surface area contributed by atoms with Crippen molar-refractivity contribution in [2.75, 3.05) is 13.1 Å². The Balaban J connectivity index is 1.27. The first-order valence-corrected chi connectivity index (χ1v) is 10.1. The van der Waals surface area contributed by atoms with Crippen LogP contribution < -0.4 is 5.32 Å². The number of hydrogen-bond donors (Lipinski definition) is 1. The first-order chi connectivity index (χ1) is 13.7. The van der Waals surface area contributed by atoms with Crippen molar-refractivity contribution in [2.24, 2.45) is 0 Å². The Bertz CT molecular complexity index is 896. The number of amides is 1. The number of carbonyl (C=O) groups is 1. The zero-order valence-electron chi connectivity index (χ0n) is 15.7. The van der Waals surface area contributed by atoms with Crippen LogP contribution in [0.2, 0.25) is 5.02 Å². The summed E-state index contributed by atoms with van der Waals surface area (Å²) in [5, 5.41) is 3.96. The quantitative estimate of drug-likeness (QED) is 0.691. The molecule has 2 heterocycles. The first-order valence-electron chi connectivity index (χ1n) is 9.68. The highest BCUT2D eigenvalue weighted by Crippen LogP contribution is 2.17. The monoisotopic (exact) mass is 393 g/mol. The highest BCUT2D eigenvalue weighted by molar-refractivity contribution is 6.30. The van der Waals surface area contributed by atoms with Gasteiger partial charge in [0.1, 0.15) is 0 Å². The molecular weight excluding hydrogens is 370 g/mol. The highest BCUT2D eigenvalue weighted by Gasteiger charge is 2.21. The van der Waals surface area contributed by atoms with Gasteiger partial charge in [0.25, 0.3) is 5.91 Å². The summed E-state index contributed by atoms with van der Waals surface area (Å²) in [6.07, 6.45) is 5.93. The Labute approximate surface area is 170 Å². The Morgan fingerprint density at radius 1 is 0.964 bits per heavy atom. The largest absolute Gasteiger partial charge is 0.349 e. The van der Waals surface area contributed by atoms with E-state index in [0.717, 1.165) is 43.2 Å². The molecule has 4 nitrogen and oxygen atoms in total. The summed E-state index contributed by atoms with van der Waals surface area (Å²) >= 11 is 5.95. The van der Waals surface area contributed by atoms with Gasteiger partial charge in [0.15, 0.2) is 0 Å². The number of hydrogen-bond acceptors (Lipinski definition) is 2. The molecule has 0 unspecified atom stereocenters. The van der Waals surface area contributed by atoms with Gasteiger partial charge in [-0.1, -0.05) is 23.7 Å². The molecule has 0 aliphatic carbocycles. The minimum Gasteiger partial charge on any atom is -0.349 e. The molecule has 1 aliphatic heterocycles. The van der Waals surface area contributed by atoms with E-state index in [9.17, 15) is 4.79 Å². The molecule has 0 spiro atoms. The van der Waals surface area contributed by atoms with E-state index in [0.29, 0.717) is 5.56 Å². The number of halogens is 1. The lowest BCUT2D eigenvalue weighted by atomic mass is 10.0. The van der Waals surface area contributed by atoms with E-state index in [2.05, 4.69) is 22.3 Å². The van der Waals surface area contributed by atoms with Crippen LogP contribution in [0.4, 0.5) is 0 Å². The number of likely N-dealkylation sites (tertiary alicyclic amines) is 1. The molecule has 0 bridgehead atoms. The third-order valence-corrected chi connectivity index (χ3v) is 5.53. The van der Waals surface area contributed by atoms with Crippen LogP contribution in [0.5, 0.6) is 0 Å². The molecule has 1 N–H and O–H groups in total. The maximum absolute atomic E-state index is 12.6. The summed E-state index contributed by atoms with van der Waals surface area (Å²) in [7, 11) is 0. The molecule has 5 heteroatoms. The number of piperidine rings is 1. The number of aromatic nitrogens is 1. The minimum absolute atomic E-state index is 0.00945. The molecule has 0 radical (unpaired) electrons. The Hall–Kier alpha value is -2.56. The fraction of sp³-hybridized carbons (Fsp3) is 0.261. The summed E-state index contributed by atoms with van der Waals surface area (Å²) in [5.74, 6) is 0.00945. The fourth-order valence-corrected chi connectivity index (χ4v) is 3.77. The van der Waals surface area contributed by atoms with E-state index in [1.54, 1.807) is 0 Å². The average molecular weight is 394 g/mol. The molecule has 28 heavy (non-hydrogen) atoms. The van der Waals surface area contributed by atoms with Gasteiger partial charge in [0, 0.05) is 54.3 Å². The van der Waals surface area contributed by atoms with E-state index in [4.69, 9.17) is 11.6 Å². The Morgan fingerprint density at radius 3 is 2.25 bits per heavy atom. The van der Waals surface area contributed by atoms with Crippen molar-refractivity contribution in [1.82, 2.24) is 14.8 Å². The second kappa shape index (κ2) is 8.63. The van der Waals surface area contributed by atoms with E-state index in [1.165, 1.54) is 5.56 Å². The smallest absolute Gasteiger partial charge is 0.251 e. The zero-order valence-corrected chi connectivity index (χ0v) is 16.5. The van der Waals surface area contributed by atoms with Gasteiger partial charge in [0.2, 0.25) is 0 Å². The summed E-state index contributed by atoms with van der Waals surface area (Å²) in [5.41, 5.74) is 3.03. The van der Waals surface area contributed by atoms with Crippen molar-refractivity contribution >= 4 is 17.5 Å². The lowest BCUT2D eigenvalue weighted by Gasteiger charge is -2.32. The number of carbonyl (C=O) groups excluding carboxylic acids is 1. The SMILES string of the molecule is O=C(NC1CCN(Cc2ccc(Cl)cc2)CC1)c1ccc(-n2cccc2)cc1. The van der Waals surface area contributed by atoms with Gasteiger partial charge in [-0.3, -0.25) is 9.69 Å². The lowest BCUT2D eigenvalue weighted by Crippen LogP contribution is -2.44. The zero-order chi connectivity index (χ0) is 19.3. The van der Waals surface area contributed by atoms with Crippen LogP contribution >= 0.6 is 11.6 Å². The molecule has 1 aromatic heterocycles. The van der Waals surface area contributed by atoms with Crippen molar-refractivity contribution in [3.8, 4) is 5.69 Å². The number of nitrogens with one attached hydrogen (secondary N) is 1. The first kappa shape index (κ1) is 18.8. The molecule has 144 valence electrons. The van der Waals surface area contributed by atoms with Crippen LogP contribution in [-0.2, 0) is 6.54 Å². The molecular formula is C23H24ClN3O. The van der Waals surface area contributed by atoms with Gasteiger partial charge in [-0.2, -0.15) is 0 Å². The van der Waals surface area contributed by atoms with Gasteiger partial charge in [0.05, 0.1) is 0 Å². The maximum Gasteiger partial charge on any atom is 0.251 e. The van der Waals surface area contributed by atoms with Crippen LogP contribution in [-0.4, -0.2) is 34.5 Å². The molecule has 4 rings (SSSR count). The Morgan fingerprint density at radius 2 is 1.61 bits per heavy atom. The maximum atomic E-state index is 12.6. The van der Waals surface area contributed by atoms with Gasteiger partial charge in [-0.15, -0.1) is 0 Å². The minimum atomic E-state index is 0.00945. The number of nitrogens with zero attached hydrogens (tertiary/aromatic N) is 2. The van der Waals surface area contributed by atoms with Crippen LogP contribution in [0.25, 0.3) is 5.69 Å². The van der Waals surface area contributed by atoms with Crippen molar-refractivity contribution in [2.45, 2.75) is 25.4 Å². The molecule has 3 aromatic rings. The molecule has 0 atom stereocenters. The van der Waals surface area contributed by atoms with E-state index < -0.39 is 0 Å². The standard InChI is InChI=1S/C23H24ClN3O/c24-20-7-3-18(4-8-20)17-26-15-11-21(12-16-26)25-23(28)19-5-9-22(10-6-19)27-13-1-2-14-27/h1-10,13-14,21H,11-12,15-17H2,(H,25,28). The Kier molecular flexibility index (Phi) is 5.79. The van der Waals surface area contributed by atoms with Crippen LogP contribution in [0.1, 0.15) is 28.8 Å². The average Bonchev–Trinajstić information content (AvgIpc) is 3.26. The second-order valence-electron chi connectivity index (χ2n) is 7.29. The normalized spacial score (nSPS) is 15.5. The fourth-order valence-electron chi connectivity index (χ4n) is 3.64. The van der Waals surface area contributed by atoms with E-state index in [-0.39, 0.29) is 11.9 Å². The summed E-state index contributed by atoms with van der Waals surface area (Å²) in [6.45, 7) is 2.90. The predicted molar refractivity (Wildman–Crippen MR) is 113 cm³/mol. The highest BCUT2D eigenvalue weighted by atomic mass is 35.5. The topological polar surface area (TPSA) is 37.3 Å². The third-order valence-electron chi connectivity index (χ3n) is 5.27. The summed E-state index contributed by atoms with van der Waals surface area (Å²) < 4.78 is 2.03. The third kappa shape index (κ3) is 4.64. The summed E-state index contributed by atoms with van der Waals surface area (Å²) in [4.78, 5) is 15.0. The van der Waals surface area contributed by atoms with Gasteiger partial charge >= 0.3 is 0 Å². The van der Waals surface area contributed by atoms with Gasteiger partial charge in [-0.25, -0.2) is 0 Å². The molecule has 1 fully saturated rings. The number of rotatable bonds is 5. The van der Waals surface area contributed by atoms with Crippen LogP contribution in [0.3, 0.4) is 0 Å². The van der Waals surface area contributed by atoms with E-state index in [1.807, 2.05) is 65.5 Å². The predicted octanol–water partition coefficient (Wildman–Crippen LogP) is 4.53. The van der Waals surface area contributed by atoms with Crippen molar-refractivity contribution in [1.29, 1.82) is 0 Å². The van der Waals surface area contributed by atoms with Gasteiger partial charge in [-0.05, 0) is 66.9 Å².